The summed E-state index contributed by atoms with van der Waals surface area (Å²) in [4.78, 5) is 0. The lowest BCUT2D eigenvalue weighted by molar-refractivity contribution is 0.319. The molecule has 0 aliphatic carbocycles. The topological polar surface area (TPSA) is 38.1 Å². The molecule has 0 unspecified atom stereocenters. The molecule has 0 radical (unpaired) electrons. The summed E-state index contributed by atoms with van der Waals surface area (Å²) in [5, 5.41) is 8.09. The lowest BCUT2D eigenvalue weighted by Gasteiger charge is -2.21. The van der Waals surface area contributed by atoms with Crippen LogP contribution in [0.3, 0.4) is 0 Å². The Kier molecular flexibility index (Phi) is 3.85. The standard InChI is InChI=1S/C15H17ClN2O/c16-14-4-2-1-3-12(14)13-10-18-19-15(13)9-11-5-7-17-8-6-11/h1-4,10-11,17H,5-9H2. The molecule has 100 valence electrons. The summed E-state index contributed by atoms with van der Waals surface area (Å²) < 4.78 is 5.45. The number of aromatic nitrogens is 1. The van der Waals surface area contributed by atoms with Crippen LogP contribution in [0.1, 0.15) is 18.6 Å². The van der Waals surface area contributed by atoms with E-state index in [1.54, 1.807) is 6.20 Å². The highest BCUT2D eigenvalue weighted by atomic mass is 35.5. The van der Waals surface area contributed by atoms with Crippen LogP contribution in [-0.2, 0) is 6.42 Å². The van der Waals surface area contributed by atoms with Crippen molar-refractivity contribution in [2.75, 3.05) is 13.1 Å². The van der Waals surface area contributed by atoms with Gasteiger partial charge in [0.05, 0.1) is 6.20 Å². The Bertz CT molecular complexity index is 547. The van der Waals surface area contributed by atoms with Crippen LogP contribution in [-0.4, -0.2) is 18.2 Å². The van der Waals surface area contributed by atoms with Gasteiger partial charge in [-0.2, -0.15) is 0 Å². The van der Waals surface area contributed by atoms with E-state index in [2.05, 4.69) is 10.5 Å². The lowest BCUT2D eigenvalue weighted by atomic mass is 9.91. The van der Waals surface area contributed by atoms with Crippen LogP contribution in [0.2, 0.25) is 5.02 Å². The van der Waals surface area contributed by atoms with E-state index in [0.717, 1.165) is 41.4 Å². The van der Waals surface area contributed by atoms with Gasteiger partial charge in [-0.05, 0) is 37.9 Å². The first-order valence-electron chi connectivity index (χ1n) is 6.74. The maximum atomic E-state index is 6.25. The summed E-state index contributed by atoms with van der Waals surface area (Å²) in [5.41, 5.74) is 2.04. The molecule has 1 N–H and O–H groups in total. The number of hydrogen-bond acceptors (Lipinski definition) is 3. The smallest absolute Gasteiger partial charge is 0.144 e. The van der Waals surface area contributed by atoms with Gasteiger partial charge in [-0.15, -0.1) is 0 Å². The predicted molar refractivity (Wildman–Crippen MR) is 76.2 cm³/mol. The Labute approximate surface area is 117 Å². The monoisotopic (exact) mass is 276 g/mol. The first-order valence-corrected chi connectivity index (χ1v) is 7.11. The molecule has 1 fully saturated rings. The van der Waals surface area contributed by atoms with Gasteiger partial charge in [-0.3, -0.25) is 0 Å². The minimum Gasteiger partial charge on any atom is -0.361 e. The number of nitrogens with one attached hydrogen (secondary N) is 1. The lowest BCUT2D eigenvalue weighted by Crippen LogP contribution is -2.28. The summed E-state index contributed by atoms with van der Waals surface area (Å²) in [5.74, 6) is 1.63. The van der Waals surface area contributed by atoms with E-state index in [1.807, 2.05) is 24.3 Å². The molecule has 3 nitrogen and oxygen atoms in total. The van der Waals surface area contributed by atoms with Crippen LogP contribution in [0, 0.1) is 5.92 Å². The number of piperidine rings is 1. The SMILES string of the molecule is Clc1ccccc1-c1cnoc1CC1CCNCC1. The highest BCUT2D eigenvalue weighted by Gasteiger charge is 2.19. The zero-order chi connectivity index (χ0) is 13.1. The largest absolute Gasteiger partial charge is 0.361 e. The number of rotatable bonds is 3. The molecule has 3 rings (SSSR count). The van der Waals surface area contributed by atoms with Gasteiger partial charge in [-0.25, -0.2) is 0 Å². The summed E-state index contributed by atoms with van der Waals surface area (Å²) in [6, 6.07) is 7.84. The van der Waals surface area contributed by atoms with Gasteiger partial charge in [0.1, 0.15) is 5.76 Å². The van der Waals surface area contributed by atoms with E-state index >= 15 is 0 Å². The third kappa shape index (κ3) is 2.82. The van der Waals surface area contributed by atoms with Gasteiger partial charge in [0.25, 0.3) is 0 Å². The number of nitrogens with zero attached hydrogens (tertiary/aromatic N) is 1. The molecule has 0 spiro atoms. The van der Waals surface area contributed by atoms with Crippen molar-refractivity contribution < 1.29 is 4.52 Å². The van der Waals surface area contributed by atoms with Crippen LogP contribution < -0.4 is 5.32 Å². The van der Waals surface area contributed by atoms with E-state index in [1.165, 1.54) is 12.8 Å². The quantitative estimate of drug-likeness (QED) is 0.932. The second kappa shape index (κ2) is 5.76. The second-order valence-electron chi connectivity index (χ2n) is 5.04. The Balaban J connectivity index is 1.84. The van der Waals surface area contributed by atoms with E-state index in [4.69, 9.17) is 16.1 Å². The molecule has 19 heavy (non-hydrogen) atoms. The molecule has 1 aliphatic heterocycles. The molecule has 1 aromatic heterocycles. The molecule has 0 amide bonds. The minimum absolute atomic E-state index is 0.676. The van der Waals surface area contributed by atoms with E-state index < -0.39 is 0 Å². The molecule has 0 saturated carbocycles. The molecule has 1 aliphatic rings. The Morgan fingerprint density at radius 1 is 1.21 bits per heavy atom. The van der Waals surface area contributed by atoms with Crippen LogP contribution in [0.15, 0.2) is 35.0 Å². The maximum Gasteiger partial charge on any atom is 0.144 e. The zero-order valence-electron chi connectivity index (χ0n) is 10.7. The average molecular weight is 277 g/mol. The predicted octanol–water partition coefficient (Wildman–Crippen LogP) is 3.54. The van der Waals surface area contributed by atoms with Crippen molar-refractivity contribution in [2.24, 2.45) is 5.92 Å². The van der Waals surface area contributed by atoms with Gasteiger partial charge in [0.15, 0.2) is 0 Å². The van der Waals surface area contributed by atoms with Crippen molar-refractivity contribution in [2.45, 2.75) is 19.3 Å². The van der Waals surface area contributed by atoms with Crippen molar-refractivity contribution >= 4 is 11.6 Å². The van der Waals surface area contributed by atoms with Crippen molar-refractivity contribution in [3.8, 4) is 11.1 Å². The molecular weight excluding hydrogens is 260 g/mol. The minimum atomic E-state index is 0.676. The Morgan fingerprint density at radius 3 is 2.79 bits per heavy atom. The second-order valence-corrected chi connectivity index (χ2v) is 5.45. The summed E-state index contributed by atoms with van der Waals surface area (Å²) >= 11 is 6.25. The van der Waals surface area contributed by atoms with Crippen LogP contribution in [0.4, 0.5) is 0 Å². The number of halogens is 1. The fourth-order valence-electron chi connectivity index (χ4n) is 2.66. The van der Waals surface area contributed by atoms with Gasteiger partial charge in [0, 0.05) is 22.6 Å². The molecule has 0 bridgehead atoms. The third-order valence-corrected chi connectivity index (χ3v) is 4.07. The molecule has 1 aromatic carbocycles. The van der Waals surface area contributed by atoms with Crippen molar-refractivity contribution in [3.05, 3.63) is 41.2 Å². The van der Waals surface area contributed by atoms with Gasteiger partial charge < -0.3 is 9.84 Å². The first-order chi connectivity index (χ1) is 9.34. The van der Waals surface area contributed by atoms with Crippen LogP contribution in [0.25, 0.3) is 11.1 Å². The summed E-state index contributed by atoms with van der Waals surface area (Å²) in [6.45, 7) is 2.19. The molecule has 1 saturated heterocycles. The normalized spacial score (nSPS) is 16.7. The van der Waals surface area contributed by atoms with Crippen LogP contribution >= 0.6 is 11.6 Å². The summed E-state index contributed by atoms with van der Waals surface area (Å²) in [6.07, 6.45) is 5.12. The maximum absolute atomic E-state index is 6.25. The number of benzene rings is 1. The Morgan fingerprint density at radius 2 is 2.00 bits per heavy atom. The van der Waals surface area contributed by atoms with E-state index in [9.17, 15) is 0 Å². The van der Waals surface area contributed by atoms with Crippen LogP contribution in [0.5, 0.6) is 0 Å². The highest BCUT2D eigenvalue weighted by molar-refractivity contribution is 6.33. The zero-order valence-corrected chi connectivity index (χ0v) is 11.5. The molecule has 2 heterocycles. The highest BCUT2D eigenvalue weighted by Crippen LogP contribution is 2.32. The van der Waals surface area contributed by atoms with Gasteiger partial charge in [0.2, 0.25) is 0 Å². The molecule has 0 atom stereocenters. The first kappa shape index (κ1) is 12.7. The van der Waals surface area contributed by atoms with Crippen molar-refractivity contribution in [1.82, 2.24) is 10.5 Å². The van der Waals surface area contributed by atoms with Gasteiger partial charge in [-0.1, -0.05) is 35.0 Å². The fourth-order valence-corrected chi connectivity index (χ4v) is 2.90. The average Bonchev–Trinajstić information content (AvgIpc) is 2.88. The Hall–Kier alpha value is -1.32. The molecular formula is C15H17ClN2O. The molecule has 4 heteroatoms. The van der Waals surface area contributed by atoms with Gasteiger partial charge >= 0.3 is 0 Å². The number of hydrogen-bond donors (Lipinski definition) is 1. The van der Waals surface area contributed by atoms with E-state index in [0.29, 0.717) is 5.92 Å². The van der Waals surface area contributed by atoms with Crippen molar-refractivity contribution in [1.29, 1.82) is 0 Å². The summed E-state index contributed by atoms with van der Waals surface area (Å²) in [7, 11) is 0. The van der Waals surface area contributed by atoms with E-state index in [-0.39, 0.29) is 0 Å². The van der Waals surface area contributed by atoms with Crippen molar-refractivity contribution in [3.63, 3.8) is 0 Å². The molecule has 2 aromatic rings. The fraction of sp³-hybridized carbons (Fsp3) is 0.400. The third-order valence-electron chi connectivity index (χ3n) is 3.74.